The monoisotopic (exact) mass is 587 g/mol. The number of carbonyl (C=O) groups excluding carboxylic acids is 2. The Morgan fingerprint density at radius 1 is 0.950 bits per heavy atom. The molecule has 1 amide bonds. The largest absolute Gasteiger partial charge is 0.460 e. The molecule has 0 aromatic carbocycles. The minimum Gasteiger partial charge on any atom is -0.460 e. The molecule has 0 aliphatic carbocycles. The van der Waals surface area contributed by atoms with Crippen molar-refractivity contribution in [1.82, 2.24) is 4.90 Å². The van der Waals surface area contributed by atoms with Crippen molar-refractivity contribution < 1.29 is 33.0 Å². The van der Waals surface area contributed by atoms with Crippen molar-refractivity contribution in [1.29, 1.82) is 0 Å². The number of amides is 1. The van der Waals surface area contributed by atoms with Crippen LogP contribution in [-0.2, 0) is 33.0 Å². The molecule has 0 rings (SSSR count). The van der Waals surface area contributed by atoms with Crippen LogP contribution in [0.25, 0.3) is 0 Å². The van der Waals surface area contributed by atoms with Gasteiger partial charge in [-0.1, -0.05) is 54.5 Å². The lowest BCUT2D eigenvalue weighted by Gasteiger charge is -2.40. The van der Waals surface area contributed by atoms with E-state index < -0.39 is 14.4 Å². The Balaban J connectivity index is 5.71. The van der Waals surface area contributed by atoms with Gasteiger partial charge in [0.2, 0.25) is 6.41 Å². The van der Waals surface area contributed by atoms with Crippen molar-refractivity contribution in [3.63, 3.8) is 0 Å². The summed E-state index contributed by atoms with van der Waals surface area (Å²) in [5, 5.41) is 0.147. The van der Waals surface area contributed by atoms with Crippen LogP contribution in [-0.4, -0.2) is 84.5 Å². The Kier molecular flexibility index (Phi) is 17.7. The van der Waals surface area contributed by atoms with Gasteiger partial charge in [-0.15, -0.1) is 0 Å². The molecule has 40 heavy (non-hydrogen) atoms. The number of esters is 1. The molecule has 236 valence electrons. The summed E-state index contributed by atoms with van der Waals surface area (Å²) in [5.74, 6) is -0.263. The maximum absolute atomic E-state index is 12.8. The van der Waals surface area contributed by atoms with Gasteiger partial charge in [-0.25, -0.2) is 4.79 Å². The highest BCUT2D eigenvalue weighted by molar-refractivity contribution is 6.74. The van der Waals surface area contributed by atoms with Crippen LogP contribution in [0.2, 0.25) is 18.1 Å². The lowest BCUT2D eigenvalue weighted by molar-refractivity contribution is -0.166. The summed E-state index contributed by atoms with van der Waals surface area (Å²) >= 11 is 0. The quantitative estimate of drug-likeness (QED) is 0.0920. The molecule has 0 fully saturated rings. The van der Waals surface area contributed by atoms with E-state index in [4.69, 9.17) is 23.4 Å². The van der Waals surface area contributed by atoms with Crippen LogP contribution in [0.4, 0.5) is 0 Å². The smallest absolute Gasteiger partial charge is 0.335 e. The first-order chi connectivity index (χ1) is 18.5. The Morgan fingerprint density at radius 2 is 1.55 bits per heavy atom. The molecule has 0 aromatic heterocycles. The number of ether oxygens (including phenoxy) is 4. The Bertz CT molecular complexity index is 754. The maximum Gasteiger partial charge on any atom is 0.335 e. The van der Waals surface area contributed by atoms with Gasteiger partial charge in [0.15, 0.2) is 14.4 Å². The van der Waals surface area contributed by atoms with Crippen LogP contribution in [0.3, 0.4) is 0 Å². The number of carbonyl (C=O) groups is 2. The molecule has 0 aromatic rings. The fraction of sp³-hybridized carbons (Fsp3) is 0.871. The van der Waals surface area contributed by atoms with E-state index in [1.807, 2.05) is 13.0 Å². The van der Waals surface area contributed by atoms with Gasteiger partial charge >= 0.3 is 5.97 Å². The van der Waals surface area contributed by atoms with Crippen molar-refractivity contribution >= 4 is 20.7 Å². The van der Waals surface area contributed by atoms with Crippen LogP contribution < -0.4 is 0 Å². The average molecular weight is 588 g/mol. The molecule has 0 radical (unpaired) electrons. The van der Waals surface area contributed by atoms with Gasteiger partial charge in [-0.05, 0) is 56.7 Å². The second-order valence-corrected chi connectivity index (χ2v) is 17.6. The molecule has 8 nitrogen and oxygen atoms in total. The van der Waals surface area contributed by atoms with Crippen LogP contribution in [0, 0.1) is 17.8 Å². The van der Waals surface area contributed by atoms with Gasteiger partial charge in [0, 0.05) is 52.5 Å². The third-order valence-electron chi connectivity index (χ3n) is 8.70. The van der Waals surface area contributed by atoms with Crippen molar-refractivity contribution in [2.45, 2.75) is 130 Å². The zero-order valence-electron chi connectivity index (χ0n) is 28.0. The molecule has 0 spiro atoms. The van der Waals surface area contributed by atoms with Crippen LogP contribution >= 0.6 is 0 Å². The van der Waals surface area contributed by atoms with Crippen LogP contribution in [0.15, 0.2) is 12.3 Å². The Morgan fingerprint density at radius 3 is 2.00 bits per heavy atom. The van der Waals surface area contributed by atoms with Gasteiger partial charge in [0.1, 0.15) is 6.10 Å². The predicted molar refractivity (Wildman–Crippen MR) is 165 cm³/mol. The fourth-order valence-electron chi connectivity index (χ4n) is 4.63. The highest BCUT2D eigenvalue weighted by Crippen LogP contribution is 2.38. The van der Waals surface area contributed by atoms with E-state index in [0.717, 1.165) is 25.7 Å². The summed E-state index contributed by atoms with van der Waals surface area (Å²) < 4.78 is 29.8. The number of rotatable bonds is 20. The number of hydrogen-bond acceptors (Lipinski definition) is 7. The molecule has 0 saturated carbocycles. The van der Waals surface area contributed by atoms with Gasteiger partial charge in [-0.3, -0.25) is 4.79 Å². The average Bonchev–Trinajstić information content (AvgIpc) is 2.90. The normalized spacial score (nSPS) is 18.9. The lowest BCUT2D eigenvalue weighted by atomic mass is 9.84. The van der Waals surface area contributed by atoms with E-state index in [9.17, 15) is 9.59 Å². The third kappa shape index (κ3) is 12.7. The minimum absolute atomic E-state index is 0.00889. The highest BCUT2D eigenvalue weighted by atomic mass is 28.4. The van der Waals surface area contributed by atoms with Gasteiger partial charge < -0.3 is 28.3 Å². The van der Waals surface area contributed by atoms with Crippen molar-refractivity contribution in [2.75, 3.05) is 28.4 Å². The summed E-state index contributed by atoms with van der Waals surface area (Å²) in [5.41, 5.74) is 0. The van der Waals surface area contributed by atoms with Crippen molar-refractivity contribution in [2.24, 2.45) is 17.8 Å². The van der Waals surface area contributed by atoms with Gasteiger partial charge in [0.05, 0.1) is 12.2 Å². The predicted octanol–water partition coefficient (Wildman–Crippen LogP) is 6.44. The van der Waals surface area contributed by atoms with Crippen LogP contribution in [0.5, 0.6) is 0 Å². The number of methoxy groups -OCH3 is 3. The highest BCUT2D eigenvalue weighted by Gasteiger charge is 2.40. The Labute approximate surface area is 246 Å². The SMILES string of the molecule is CC[C@H](C[C@H](OC)[C@@H](C)CCC(OC(=O)[C@@H](C)OC)C(C)[C@H](OC)C(C)/C=C/N(C)C=O)O[Si](C)(C)C(C)(C)C. The summed E-state index contributed by atoms with van der Waals surface area (Å²) in [6.07, 6.45) is 6.56. The zero-order valence-corrected chi connectivity index (χ0v) is 29.0. The van der Waals surface area contributed by atoms with Crippen molar-refractivity contribution in [3.05, 3.63) is 12.3 Å². The molecule has 9 heteroatoms. The maximum atomic E-state index is 12.8. The topological polar surface area (TPSA) is 83.5 Å². The summed E-state index contributed by atoms with van der Waals surface area (Å²) in [4.78, 5) is 25.2. The van der Waals surface area contributed by atoms with Gasteiger partial charge in [-0.2, -0.15) is 0 Å². The van der Waals surface area contributed by atoms with E-state index in [1.54, 1.807) is 34.4 Å². The third-order valence-corrected chi connectivity index (χ3v) is 13.2. The van der Waals surface area contributed by atoms with E-state index in [0.29, 0.717) is 6.42 Å². The molecule has 0 heterocycles. The molecule has 8 atom stereocenters. The van der Waals surface area contributed by atoms with Crippen LogP contribution in [0.1, 0.15) is 81.1 Å². The molecule has 0 N–H and O–H groups in total. The van der Waals surface area contributed by atoms with E-state index in [1.165, 1.54) is 12.0 Å². The second kappa shape index (κ2) is 18.3. The van der Waals surface area contributed by atoms with E-state index in [-0.39, 0.29) is 53.2 Å². The standard InChI is InChI=1S/C31H61NO7Si/c1-15-26(39-40(13,14)31(6,7)8)20-28(36-11)22(2)16-17-27(38-30(34)25(5)35-10)24(4)29(37-12)23(3)18-19-32(9)21-33/h18-19,21-29H,15-17,20H2,1-14H3/b19-18+/t22-,23?,24?,25+,26+,27?,28-,29+/m0/s1. The second-order valence-electron chi connectivity index (χ2n) is 12.9. The number of nitrogens with zero attached hydrogens (tertiary/aromatic N) is 1. The molecular formula is C31H61NO7Si. The molecule has 3 unspecified atom stereocenters. The van der Waals surface area contributed by atoms with E-state index in [2.05, 4.69) is 54.6 Å². The summed E-state index contributed by atoms with van der Waals surface area (Å²) in [6, 6.07) is 0. The lowest BCUT2D eigenvalue weighted by Crippen LogP contribution is -2.45. The molecule has 0 saturated heterocycles. The first-order valence-electron chi connectivity index (χ1n) is 14.8. The number of hydrogen-bond donors (Lipinski definition) is 0. The molecule has 0 bridgehead atoms. The fourth-order valence-corrected chi connectivity index (χ4v) is 6.08. The molecule has 0 aliphatic heterocycles. The Hall–Kier alpha value is -1.26. The first-order valence-corrected chi connectivity index (χ1v) is 17.7. The molecule has 0 aliphatic rings. The van der Waals surface area contributed by atoms with Gasteiger partial charge in [0.25, 0.3) is 0 Å². The molecular weight excluding hydrogens is 526 g/mol. The zero-order chi connectivity index (χ0) is 31.3. The summed E-state index contributed by atoms with van der Waals surface area (Å²) in [7, 11) is 4.73. The first kappa shape index (κ1) is 38.7. The minimum atomic E-state index is -1.90. The van der Waals surface area contributed by atoms with Crippen molar-refractivity contribution in [3.8, 4) is 0 Å². The summed E-state index contributed by atoms with van der Waals surface area (Å²) in [6.45, 7) is 21.5. The van der Waals surface area contributed by atoms with E-state index >= 15 is 0 Å².